The van der Waals surface area contributed by atoms with E-state index in [4.69, 9.17) is 32.7 Å². The maximum Gasteiger partial charge on any atom is 0.313 e. The van der Waals surface area contributed by atoms with Crippen LogP contribution in [0.4, 0.5) is 0 Å². The van der Waals surface area contributed by atoms with Gasteiger partial charge in [0.1, 0.15) is 5.75 Å². The van der Waals surface area contributed by atoms with E-state index in [1.807, 2.05) is 30.3 Å². The lowest BCUT2D eigenvalue weighted by Gasteiger charge is -2.17. The fourth-order valence-corrected chi connectivity index (χ4v) is 2.86. The van der Waals surface area contributed by atoms with Gasteiger partial charge >= 0.3 is 5.97 Å². The monoisotopic (exact) mass is 352 g/mol. The predicted molar refractivity (Wildman–Crippen MR) is 92.4 cm³/mol. The molecule has 0 bridgehead atoms. The fourth-order valence-electron chi connectivity index (χ4n) is 2.32. The van der Waals surface area contributed by atoms with E-state index in [9.17, 15) is 4.79 Å². The molecule has 3 nitrogen and oxygen atoms in total. The summed E-state index contributed by atoms with van der Waals surface area (Å²) in [6.45, 7) is 0.517. The van der Waals surface area contributed by atoms with Crippen molar-refractivity contribution in [2.75, 3.05) is 13.7 Å². The second-order valence-corrected chi connectivity index (χ2v) is 5.89. The Bertz CT molecular complexity index is 644. The maximum absolute atomic E-state index is 12.1. The molecule has 122 valence electrons. The lowest BCUT2D eigenvalue weighted by atomic mass is 9.94. The first-order chi connectivity index (χ1) is 11.1. The molecule has 0 aromatic heterocycles. The summed E-state index contributed by atoms with van der Waals surface area (Å²) in [6.07, 6.45) is 1.29. The normalized spacial score (nSPS) is 11.8. The van der Waals surface area contributed by atoms with Gasteiger partial charge in [0.25, 0.3) is 0 Å². The van der Waals surface area contributed by atoms with Crippen molar-refractivity contribution in [2.24, 2.45) is 0 Å². The Balaban J connectivity index is 1.98. The number of carbonyl (C=O) groups excluding carboxylic acids is 1. The molecule has 0 N–H and O–H groups in total. The summed E-state index contributed by atoms with van der Waals surface area (Å²) in [5, 5.41) is 1.01. The second kappa shape index (κ2) is 8.80. The Morgan fingerprint density at radius 2 is 1.87 bits per heavy atom. The van der Waals surface area contributed by atoms with Gasteiger partial charge in [-0.05, 0) is 42.7 Å². The highest BCUT2D eigenvalue weighted by Crippen LogP contribution is 2.31. The molecule has 0 saturated heterocycles. The number of ether oxygens (including phenoxy) is 2. The highest BCUT2D eigenvalue weighted by atomic mass is 35.5. The van der Waals surface area contributed by atoms with Gasteiger partial charge in [-0.25, -0.2) is 0 Å². The van der Waals surface area contributed by atoms with Gasteiger partial charge in [-0.2, -0.15) is 0 Å². The predicted octanol–water partition coefficient (Wildman–Crippen LogP) is 5.11. The topological polar surface area (TPSA) is 35.5 Å². The highest BCUT2D eigenvalue weighted by molar-refractivity contribution is 6.35. The molecule has 0 radical (unpaired) electrons. The average Bonchev–Trinajstić information content (AvgIpc) is 2.56. The van der Waals surface area contributed by atoms with Crippen LogP contribution in [0.5, 0.6) is 5.75 Å². The summed E-state index contributed by atoms with van der Waals surface area (Å²) in [5.74, 6) is 0.0738. The van der Waals surface area contributed by atoms with Crippen LogP contribution in [-0.4, -0.2) is 19.7 Å². The Labute approximate surface area is 146 Å². The van der Waals surface area contributed by atoms with E-state index in [1.54, 1.807) is 18.2 Å². The first-order valence-corrected chi connectivity index (χ1v) is 8.08. The number of halogens is 2. The van der Waals surface area contributed by atoms with Gasteiger partial charge in [0.15, 0.2) is 0 Å². The van der Waals surface area contributed by atoms with Crippen molar-refractivity contribution in [1.82, 2.24) is 0 Å². The SMILES string of the molecule is COC(=O)[C@@H](CCCOc1ccccc1)c1ccc(Cl)cc1Cl. The highest BCUT2D eigenvalue weighted by Gasteiger charge is 2.23. The third-order valence-electron chi connectivity index (χ3n) is 3.47. The van der Waals surface area contributed by atoms with Crippen LogP contribution in [0.1, 0.15) is 24.3 Å². The Hall–Kier alpha value is -1.71. The van der Waals surface area contributed by atoms with Gasteiger partial charge in [0.2, 0.25) is 0 Å². The molecule has 0 spiro atoms. The van der Waals surface area contributed by atoms with Crippen LogP contribution in [0.15, 0.2) is 48.5 Å². The number of hydrogen-bond donors (Lipinski definition) is 0. The Morgan fingerprint density at radius 1 is 1.13 bits per heavy atom. The fraction of sp³-hybridized carbons (Fsp3) is 0.278. The van der Waals surface area contributed by atoms with Crippen molar-refractivity contribution in [2.45, 2.75) is 18.8 Å². The van der Waals surface area contributed by atoms with E-state index in [2.05, 4.69) is 0 Å². The van der Waals surface area contributed by atoms with E-state index in [0.29, 0.717) is 29.5 Å². The molecule has 0 heterocycles. The zero-order chi connectivity index (χ0) is 16.7. The average molecular weight is 353 g/mol. The standard InChI is InChI=1S/C18H18Cl2O3/c1-22-18(21)16(15-10-9-13(19)12-17(15)20)8-5-11-23-14-6-3-2-4-7-14/h2-4,6-7,9-10,12,16H,5,8,11H2,1H3/t16-/m0/s1. The van der Waals surface area contributed by atoms with Gasteiger partial charge in [-0.1, -0.05) is 47.5 Å². The maximum atomic E-state index is 12.1. The largest absolute Gasteiger partial charge is 0.494 e. The first-order valence-electron chi connectivity index (χ1n) is 7.32. The van der Waals surface area contributed by atoms with E-state index >= 15 is 0 Å². The van der Waals surface area contributed by atoms with Crippen LogP contribution in [0, 0.1) is 0 Å². The van der Waals surface area contributed by atoms with Crippen LogP contribution in [0.25, 0.3) is 0 Å². The lowest BCUT2D eigenvalue weighted by Crippen LogP contribution is -2.16. The third-order valence-corrected chi connectivity index (χ3v) is 4.04. The summed E-state index contributed by atoms with van der Waals surface area (Å²) in [7, 11) is 1.37. The molecular weight excluding hydrogens is 335 g/mol. The van der Waals surface area contributed by atoms with Crippen LogP contribution in [-0.2, 0) is 9.53 Å². The van der Waals surface area contributed by atoms with Gasteiger partial charge in [0, 0.05) is 10.0 Å². The van der Waals surface area contributed by atoms with Crippen molar-refractivity contribution in [3.05, 3.63) is 64.1 Å². The number of hydrogen-bond acceptors (Lipinski definition) is 3. The number of rotatable bonds is 7. The minimum atomic E-state index is -0.427. The third kappa shape index (κ3) is 5.15. The summed E-state index contributed by atoms with van der Waals surface area (Å²) >= 11 is 12.1. The smallest absolute Gasteiger partial charge is 0.313 e. The van der Waals surface area contributed by atoms with E-state index in [-0.39, 0.29) is 5.97 Å². The van der Waals surface area contributed by atoms with Gasteiger partial charge in [-0.15, -0.1) is 0 Å². The zero-order valence-corrected chi connectivity index (χ0v) is 14.3. The van der Waals surface area contributed by atoms with E-state index in [0.717, 1.165) is 11.3 Å². The summed E-state index contributed by atoms with van der Waals surface area (Å²) in [5.41, 5.74) is 0.725. The van der Waals surface area contributed by atoms with Crippen molar-refractivity contribution >= 4 is 29.2 Å². The number of esters is 1. The van der Waals surface area contributed by atoms with Gasteiger partial charge < -0.3 is 9.47 Å². The Morgan fingerprint density at radius 3 is 2.52 bits per heavy atom. The number of methoxy groups -OCH3 is 1. The quantitative estimate of drug-likeness (QED) is 0.513. The first kappa shape index (κ1) is 17.6. The molecule has 0 saturated carbocycles. The minimum absolute atomic E-state index is 0.311. The van der Waals surface area contributed by atoms with Gasteiger partial charge in [-0.3, -0.25) is 4.79 Å². The minimum Gasteiger partial charge on any atom is -0.494 e. The molecule has 2 aromatic carbocycles. The molecule has 0 aliphatic heterocycles. The van der Waals surface area contributed by atoms with Crippen LogP contribution in [0.3, 0.4) is 0 Å². The summed E-state index contributed by atoms with van der Waals surface area (Å²) in [4.78, 5) is 12.1. The molecule has 0 unspecified atom stereocenters. The molecule has 0 aliphatic carbocycles. The molecule has 5 heteroatoms. The molecule has 2 rings (SSSR count). The van der Waals surface area contributed by atoms with Crippen molar-refractivity contribution in [3.8, 4) is 5.75 Å². The number of benzene rings is 2. The zero-order valence-electron chi connectivity index (χ0n) is 12.8. The molecule has 0 amide bonds. The molecule has 23 heavy (non-hydrogen) atoms. The molecule has 1 atom stereocenters. The molecular formula is C18H18Cl2O3. The van der Waals surface area contributed by atoms with E-state index in [1.165, 1.54) is 7.11 Å². The van der Waals surface area contributed by atoms with Crippen molar-refractivity contribution in [1.29, 1.82) is 0 Å². The van der Waals surface area contributed by atoms with Crippen molar-refractivity contribution < 1.29 is 14.3 Å². The molecule has 0 fully saturated rings. The van der Waals surface area contributed by atoms with E-state index < -0.39 is 5.92 Å². The lowest BCUT2D eigenvalue weighted by molar-refractivity contribution is -0.142. The molecule has 0 aliphatic rings. The Kier molecular flexibility index (Phi) is 6.75. The summed E-state index contributed by atoms with van der Waals surface area (Å²) in [6, 6.07) is 14.7. The van der Waals surface area contributed by atoms with Crippen molar-refractivity contribution in [3.63, 3.8) is 0 Å². The van der Waals surface area contributed by atoms with Crippen LogP contribution in [0.2, 0.25) is 10.0 Å². The molecule has 2 aromatic rings. The van der Waals surface area contributed by atoms with Crippen LogP contribution < -0.4 is 4.74 Å². The number of para-hydroxylation sites is 1. The second-order valence-electron chi connectivity index (χ2n) is 5.05. The summed E-state index contributed by atoms with van der Waals surface area (Å²) < 4.78 is 10.5. The van der Waals surface area contributed by atoms with Crippen LogP contribution >= 0.6 is 23.2 Å². The van der Waals surface area contributed by atoms with Gasteiger partial charge in [0.05, 0.1) is 19.6 Å². The number of carbonyl (C=O) groups is 1.